The van der Waals surface area contributed by atoms with E-state index in [1.165, 1.54) is 12.8 Å². The van der Waals surface area contributed by atoms with Crippen molar-refractivity contribution >= 4 is 29.9 Å². The number of aromatic nitrogens is 2. The van der Waals surface area contributed by atoms with Crippen molar-refractivity contribution in [2.45, 2.75) is 33.2 Å². The van der Waals surface area contributed by atoms with Crippen LogP contribution in [0.3, 0.4) is 0 Å². The highest BCUT2D eigenvalue weighted by Crippen LogP contribution is 2.18. The number of guanidine groups is 1. The molecule has 26 heavy (non-hydrogen) atoms. The number of imidazole rings is 1. The number of nitrogens with one attached hydrogen (secondary N) is 1. The zero-order chi connectivity index (χ0) is 17.8. The van der Waals surface area contributed by atoms with Gasteiger partial charge in [0.25, 0.3) is 0 Å². The van der Waals surface area contributed by atoms with Gasteiger partial charge in [0.05, 0.1) is 5.69 Å². The van der Waals surface area contributed by atoms with E-state index in [4.69, 9.17) is 0 Å². The zero-order valence-corrected chi connectivity index (χ0v) is 17.9. The van der Waals surface area contributed by atoms with Gasteiger partial charge in [-0.25, -0.2) is 9.37 Å². The molecule has 0 saturated carbocycles. The van der Waals surface area contributed by atoms with Crippen LogP contribution in [0.2, 0.25) is 0 Å². The van der Waals surface area contributed by atoms with E-state index in [2.05, 4.69) is 27.1 Å². The SMILES string of the molecule is CN=C(NCc1ccc(-n2ccnc2C)c(F)c1)N1CCCC(C)C1.I. The molecular weight excluding hydrogens is 444 g/mol. The second-order valence-corrected chi connectivity index (χ2v) is 6.72. The summed E-state index contributed by atoms with van der Waals surface area (Å²) in [5, 5.41) is 3.36. The summed E-state index contributed by atoms with van der Waals surface area (Å²) < 4.78 is 16.2. The highest BCUT2D eigenvalue weighted by atomic mass is 127. The fourth-order valence-corrected chi connectivity index (χ4v) is 3.38. The minimum Gasteiger partial charge on any atom is -0.352 e. The van der Waals surface area contributed by atoms with Gasteiger partial charge in [-0.3, -0.25) is 4.99 Å². The quantitative estimate of drug-likeness (QED) is 0.422. The number of likely N-dealkylation sites (tertiary alicyclic amines) is 1. The Morgan fingerprint density at radius 3 is 2.85 bits per heavy atom. The highest BCUT2D eigenvalue weighted by Gasteiger charge is 2.19. The molecule has 1 aliphatic rings. The Bertz CT molecular complexity index is 758. The van der Waals surface area contributed by atoms with Gasteiger partial charge in [0, 0.05) is 39.1 Å². The molecule has 7 heteroatoms. The van der Waals surface area contributed by atoms with Gasteiger partial charge < -0.3 is 14.8 Å². The number of aliphatic imine (C=N–C) groups is 1. The molecule has 1 unspecified atom stereocenters. The van der Waals surface area contributed by atoms with Crippen LogP contribution in [0, 0.1) is 18.7 Å². The van der Waals surface area contributed by atoms with Crippen molar-refractivity contribution in [2.75, 3.05) is 20.1 Å². The minimum absolute atomic E-state index is 0. The molecule has 1 fully saturated rings. The molecule has 0 spiro atoms. The van der Waals surface area contributed by atoms with E-state index in [-0.39, 0.29) is 29.8 Å². The number of aryl methyl sites for hydroxylation is 1. The van der Waals surface area contributed by atoms with Crippen molar-refractivity contribution in [2.24, 2.45) is 10.9 Å². The number of hydrogen-bond donors (Lipinski definition) is 1. The second kappa shape index (κ2) is 9.34. The summed E-state index contributed by atoms with van der Waals surface area (Å²) in [6.45, 7) is 6.73. The van der Waals surface area contributed by atoms with E-state index < -0.39 is 0 Å². The van der Waals surface area contributed by atoms with Gasteiger partial charge >= 0.3 is 0 Å². The summed E-state index contributed by atoms with van der Waals surface area (Å²) in [6, 6.07) is 5.32. The lowest BCUT2D eigenvalue weighted by Crippen LogP contribution is -2.45. The summed E-state index contributed by atoms with van der Waals surface area (Å²) in [6.07, 6.45) is 5.90. The molecule has 0 amide bonds. The van der Waals surface area contributed by atoms with Gasteiger partial charge in [0.1, 0.15) is 11.6 Å². The number of benzene rings is 1. The van der Waals surface area contributed by atoms with E-state index in [1.807, 2.05) is 13.0 Å². The van der Waals surface area contributed by atoms with Crippen LogP contribution in [0.25, 0.3) is 5.69 Å². The summed E-state index contributed by atoms with van der Waals surface area (Å²) in [5.41, 5.74) is 1.42. The molecule has 1 aromatic carbocycles. The standard InChI is InChI=1S/C19H26FN5.HI/c1-14-5-4-9-24(13-14)19(21-3)23-12-16-6-7-18(17(20)11-16)25-10-8-22-15(25)2;/h6-8,10-11,14H,4-5,9,12-13H2,1-3H3,(H,21,23);1H. The maximum atomic E-state index is 14.5. The monoisotopic (exact) mass is 471 g/mol. The average molecular weight is 471 g/mol. The van der Waals surface area contributed by atoms with Crippen LogP contribution in [-0.2, 0) is 6.54 Å². The van der Waals surface area contributed by atoms with E-state index in [1.54, 1.807) is 36.1 Å². The largest absolute Gasteiger partial charge is 0.352 e. The van der Waals surface area contributed by atoms with Crippen LogP contribution >= 0.6 is 24.0 Å². The fraction of sp³-hybridized carbons (Fsp3) is 0.474. The molecule has 1 atom stereocenters. The summed E-state index contributed by atoms with van der Waals surface area (Å²) in [4.78, 5) is 10.8. The fourth-order valence-electron chi connectivity index (χ4n) is 3.38. The highest BCUT2D eigenvalue weighted by molar-refractivity contribution is 14.0. The van der Waals surface area contributed by atoms with Gasteiger partial charge in [-0.2, -0.15) is 0 Å². The summed E-state index contributed by atoms with van der Waals surface area (Å²) in [7, 11) is 1.80. The Hall–Kier alpha value is -1.64. The van der Waals surface area contributed by atoms with Crippen molar-refractivity contribution in [3.8, 4) is 5.69 Å². The Labute approximate surface area is 171 Å². The molecular formula is C19H27FIN5. The molecule has 2 heterocycles. The first-order valence-electron chi connectivity index (χ1n) is 8.83. The molecule has 1 N–H and O–H groups in total. The molecule has 2 aromatic rings. The Morgan fingerprint density at radius 2 is 2.23 bits per heavy atom. The third kappa shape index (κ3) is 4.75. The molecule has 1 aromatic heterocycles. The topological polar surface area (TPSA) is 45.5 Å². The van der Waals surface area contributed by atoms with Crippen LogP contribution in [0.4, 0.5) is 4.39 Å². The predicted octanol–water partition coefficient (Wildman–Crippen LogP) is 3.75. The lowest BCUT2D eigenvalue weighted by Gasteiger charge is -2.33. The van der Waals surface area contributed by atoms with E-state index in [0.717, 1.165) is 30.4 Å². The van der Waals surface area contributed by atoms with E-state index >= 15 is 0 Å². The molecule has 5 nitrogen and oxygen atoms in total. The first-order valence-corrected chi connectivity index (χ1v) is 8.83. The molecule has 1 aliphatic heterocycles. The summed E-state index contributed by atoms with van der Waals surface area (Å²) in [5.74, 6) is 2.09. The van der Waals surface area contributed by atoms with Gasteiger partial charge in [-0.05, 0) is 43.4 Å². The van der Waals surface area contributed by atoms with Gasteiger partial charge in [-0.1, -0.05) is 13.0 Å². The van der Waals surface area contributed by atoms with Crippen molar-refractivity contribution in [3.63, 3.8) is 0 Å². The molecule has 0 radical (unpaired) electrons. The van der Waals surface area contributed by atoms with Crippen molar-refractivity contribution in [3.05, 3.63) is 47.8 Å². The number of piperidine rings is 1. The van der Waals surface area contributed by atoms with Crippen LogP contribution in [0.15, 0.2) is 35.6 Å². The zero-order valence-electron chi connectivity index (χ0n) is 15.6. The van der Waals surface area contributed by atoms with Crippen LogP contribution < -0.4 is 5.32 Å². The minimum atomic E-state index is -0.248. The molecule has 142 valence electrons. The van der Waals surface area contributed by atoms with Gasteiger partial charge in [0.15, 0.2) is 5.96 Å². The Balaban J connectivity index is 0.00000243. The number of hydrogen-bond acceptors (Lipinski definition) is 2. The maximum Gasteiger partial charge on any atom is 0.193 e. The smallest absolute Gasteiger partial charge is 0.193 e. The van der Waals surface area contributed by atoms with Gasteiger partial charge in [0.2, 0.25) is 0 Å². The molecule has 0 aliphatic carbocycles. The first kappa shape index (κ1) is 20.7. The van der Waals surface area contributed by atoms with Crippen molar-refractivity contribution < 1.29 is 4.39 Å². The van der Waals surface area contributed by atoms with Crippen molar-refractivity contribution in [1.29, 1.82) is 0 Å². The number of halogens is 2. The predicted molar refractivity (Wildman–Crippen MR) is 114 cm³/mol. The Kier molecular flexibility index (Phi) is 7.43. The normalized spacial score (nSPS) is 17.8. The lowest BCUT2D eigenvalue weighted by atomic mass is 10.0. The average Bonchev–Trinajstić information content (AvgIpc) is 3.01. The van der Waals surface area contributed by atoms with Crippen LogP contribution in [0.1, 0.15) is 31.2 Å². The second-order valence-electron chi connectivity index (χ2n) is 6.72. The molecule has 0 bridgehead atoms. The Morgan fingerprint density at radius 1 is 1.42 bits per heavy atom. The first-order chi connectivity index (χ1) is 12.1. The van der Waals surface area contributed by atoms with E-state index in [9.17, 15) is 4.39 Å². The molecule has 1 saturated heterocycles. The number of rotatable bonds is 3. The van der Waals surface area contributed by atoms with Crippen LogP contribution in [-0.4, -0.2) is 40.5 Å². The van der Waals surface area contributed by atoms with E-state index in [0.29, 0.717) is 18.2 Å². The lowest BCUT2D eigenvalue weighted by molar-refractivity contribution is 0.266. The molecule has 3 rings (SSSR count). The maximum absolute atomic E-state index is 14.5. The third-order valence-corrected chi connectivity index (χ3v) is 4.72. The summed E-state index contributed by atoms with van der Waals surface area (Å²) >= 11 is 0. The van der Waals surface area contributed by atoms with Crippen LogP contribution in [0.5, 0.6) is 0 Å². The third-order valence-electron chi connectivity index (χ3n) is 4.72. The van der Waals surface area contributed by atoms with Gasteiger partial charge in [-0.15, -0.1) is 24.0 Å². The number of nitrogens with zero attached hydrogens (tertiary/aromatic N) is 4. The van der Waals surface area contributed by atoms with Crippen molar-refractivity contribution in [1.82, 2.24) is 19.8 Å².